The van der Waals surface area contributed by atoms with Crippen LogP contribution < -0.4 is 0 Å². The first kappa shape index (κ1) is 12.6. The molecule has 2 nitrogen and oxygen atoms in total. The van der Waals surface area contributed by atoms with E-state index in [4.69, 9.17) is 4.74 Å². The topological polar surface area (TPSA) is 29.5 Å². The van der Waals surface area contributed by atoms with Crippen molar-refractivity contribution in [2.75, 3.05) is 6.61 Å². The third kappa shape index (κ3) is 3.08. The van der Waals surface area contributed by atoms with Gasteiger partial charge in [-0.15, -0.1) is 0 Å². The van der Waals surface area contributed by atoms with Gasteiger partial charge in [-0.1, -0.05) is 29.8 Å². The van der Waals surface area contributed by atoms with Crippen molar-refractivity contribution in [3.05, 3.63) is 35.4 Å². The summed E-state index contributed by atoms with van der Waals surface area (Å²) in [4.78, 5) is 0. The van der Waals surface area contributed by atoms with Crippen molar-refractivity contribution in [1.82, 2.24) is 0 Å². The molecule has 0 bridgehead atoms. The molecule has 1 saturated heterocycles. The monoisotopic (exact) mass is 234 g/mol. The first-order valence-corrected chi connectivity index (χ1v) is 6.48. The Morgan fingerprint density at radius 2 is 2.00 bits per heavy atom. The molecule has 0 spiro atoms. The fourth-order valence-electron chi connectivity index (χ4n) is 2.38. The van der Waals surface area contributed by atoms with Crippen molar-refractivity contribution in [2.45, 2.75) is 51.2 Å². The van der Waals surface area contributed by atoms with E-state index in [0.717, 1.165) is 25.9 Å². The highest BCUT2D eigenvalue weighted by molar-refractivity contribution is 5.22. The van der Waals surface area contributed by atoms with Crippen LogP contribution in [0.4, 0.5) is 0 Å². The van der Waals surface area contributed by atoms with Gasteiger partial charge in [-0.05, 0) is 38.7 Å². The molecule has 1 aromatic carbocycles. The van der Waals surface area contributed by atoms with Gasteiger partial charge in [0.1, 0.15) is 0 Å². The third-order valence-corrected chi connectivity index (χ3v) is 3.75. The van der Waals surface area contributed by atoms with Gasteiger partial charge in [0.2, 0.25) is 0 Å². The number of aryl methyl sites for hydroxylation is 1. The Balaban J connectivity index is 2.00. The lowest BCUT2D eigenvalue weighted by Crippen LogP contribution is -2.45. The molecule has 0 radical (unpaired) electrons. The molecular weight excluding hydrogens is 212 g/mol. The van der Waals surface area contributed by atoms with Crippen LogP contribution in [0.2, 0.25) is 0 Å². The van der Waals surface area contributed by atoms with Gasteiger partial charge in [-0.3, -0.25) is 0 Å². The normalized spacial score (nSPS) is 26.8. The second-order valence-electron chi connectivity index (χ2n) is 5.32. The standard InChI is InChI=1S/C15H22O2/c1-12-5-7-13(8-6-12)11-14(16)15(2)9-3-4-10-17-15/h5-8,14,16H,3-4,9-11H2,1-2H3. The second kappa shape index (κ2) is 5.19. The highest BCUT2D eigenvalue weighted by Crippen LogP contribution is 2.29. The molecule has 0 saturated carbocycles. The molecule has 0 aliphatic carbocycles. The van der Waals surface area contributed by atoms with Crippen LogP contribution in [0.1, 0.15) is 37.3 Å². The number of aliphatic hydroxyl groups is 1. The van der Waals surface area contributed by atoms with Gasteiger partial charge >= 0.3 is 0 Å². The Morgan fingerprint density at radius 1 is 1.29 bits per heavy atom. The van der Waals surface area contributed by atoms with Gasteiger partial charge in [0.25, 0.3) is 0 Å². The Morgan fingerprint density at radius 3 is 2.59 bits per heavy atom. The summed E-state index contributed by atoms with van der Waals surface area (Å²) in [6.07, 6.45) is 3.50. The molecule has 2 atom stereocenters. The quantitative estimate of drug-likeness (QED) is 0.871. The Kier molecular flexibility index (Phi) is 3.85. The number of rotatable bonds is 3. The number of hydrogen-bond acceptors (Lipinski definition) is 2. The SMILES string of the molecule is Cc1ccc(CC(O)C2(C)CCCCO2)cc1. The molecule has 2 rings (SSSR count). The van der Waals surface area contributed by atoms with Crippen LogP contribution in [0.25, 0.3) is 0 Å². The summed E-state index contributed by atoms with van der Waals surface area (Å²) < 4.78 is 5.77. The molecule has 1 N–H and O–H groups in total. The van der Waals surface area contributed by atoms with E-state index in [0.29, 0.717) is 6.42 Å². The van der Waals surface area contributed by atoms with E-state index in [-0.39, 0.29) is 5.60 Å². The average molecular weight is 234 g/mol. The average Bonchev–Trinajstić information content (AvgIpc) is 2.33. The lowest BCUT2D eigenvalue weighted by Gasteiger charge is -2.38. The van der Waals surface area contributed by atoms with Crippen molar-refractivity contribution >= 4 is 0 Å². The van der Waals surface area contributed by atoms with Crippen LogP contribution in [-0.4, -0.2) is 23.4 Å². The van der Waals surface area contributed by atoms with Crippen molar-refractivity contribution in [2.24, 2.45) is 0 Å². The Hall–Kier alpha value is -0.860. The highest BCUT2D eigenvalue weighted by atomic mass is 16.5. The van der Waals surface area contributed by atoms with Gasteiger partial charge in [-0.2, -0.15) is 0 Å². The van der Waals surface area contributed by atoms with Crippen LogP contribution >= 0.6 is 0 Å². The van der Waals surface area contributed by atoms with Crippen LogP contribution in [0.15, 0.2) is 24.3 Å². The fourth-order valence-corrected chi connectivity index (χ4v) is 2.38. The molecule has 0 aromatic heterocycles. The molecule has 1 fully saturated rings. The second-order valence-corrected chi connectivity index (χ2v) is 5.32. The zero-order chi connectivity index (χ0) is 12.3. The predicted molar refractivity (Wildman–Crippen MR) is 69.1 cm³/mol. The van der Waals surface area contributed by atoms with E-state index in [2.05, 4.69) is 31.2 Å². The van der Waals surface area contributed by atoms with Gasteiger partial charge in [0.05, 0.1) is 11.7 Å². The van der Waals surface area contributed by atoms with Gasteiger partial charge < -0.3 is 9.84 Å². The zero-order valence-corrected chi connectivity index (χ0v) is 10.8. The van der Waals surface area contributed by atoms with Crippen molar-refractivity contribution < 1.29 is 9.84 Å². The minimum Gasteiger partial charge on any atom is -0.390 e. The smallest absolute Gasteiger partial charge is 0.0915 e. The van der Waals surface area contributed by atoms with Gasteiger partial charge in [0.15, 0.2) is 0 Å². The molecule has 17 heavy (non-hydrogen) atoms. The molecular formula is C15H22O2. The van der Waals surface area contributed by atoms with E-state index in [9.17, 15) is 5.11 Å². The van der Waals surface area contributed by atoms with Gasteiger partial charge in [0, 0.05) is 13.0 Å². The van der Waals surface area contributed by atoms with Crippen LogP contribution in [0.3, 0.4) is 0 Å². The predicted octanol–water partition coefficient (Wildman–Crippen LogP) is 2.86. The molecule has 0 amide bonds. The third-order valence-electron chi connectivity index (χ3n) is 3.75. The Labute approximate surface area is 104 Å². The summed E-state index contributed by atoms with van der Waals surface area (Å²) in [7, 11) is 0. The molecule has 1 heterocycles. The summed E-state index contributed by atoms with van der Waals surface area (Å²) in [5.74, 6) is 0. The maximum atomic E-state index is 10.3. The highest BCUT2D eigenvalue weighted by Gasteiger charge is 2.35. The first-order valence-electron chi connectivity index (χ1n) is 6.48. The minimum absolute atomic E-state index is 0.358. The van der Waals surface area contributed by atoms with Crippen molar-refractivity contribution in [3.8, 4) is 0 Å². The van der Waals surface area contributed by atoms with E-state index < -0.39 is 6.10 Å². The molecule has 94 valence electrons. The lowest BCUT2D eigenvalue weighted by molar-refractivity contribution is -0.135. The van der Waals surface area contributed by atoms with E-state index in [1.165, 1.54) is 11.1 Å². The fraction of sp³-hybridized carbons (Fsp3) is 0.600. The minimum atomic E-state index is -0.412. The zero-order valence-electron chi connectivity index (χ0n) is 10.8. The number of ether oxygens (including phenoxy) is 1. The van der Waals surface area contributed by atoms with Gasteiger partial charge in [-0.25, -0.2) is 0 Å². The number of benzene rings is 1. The summed E-state index contributed by atoms with van der Waals surface area (Å²) in [6, 6.07) is 8.35. The molecule has 1 aliphatic rings. The van der Waals surface area contributed by atoms with E-state index >= 15 is 0 Å². The van der Waals surface area contributed by atoms with E-state index in [1.807, 2.05) is 6.92 Å². The van der Waals surface area contributed by atoms with E-state index in [1.54, 1.807) is 0 Å². The summed E-state index contributed by atoms with van der Waals surface area (Å²) in [6.45, 7) is 4.89. The molecule has 2 unspecified atom stereocenters. The van der Waals surface area contributed by atoms with Crippen molar-refractivity contribution in [1.29, 1.82) is 0 Å². The first-order chi connectivity index (χ1) is 8.10. The number of aliphatic hydroxyl groups excluding tert-OH is 1. The maximum absolute atomic E-state index is 10.3. The maximum Gasteiger partial charge on any atom is 0.0915 e. The number of hydrogen-bond donors (Lipinski definition) is 1. The Bertz CT molecular complexity index is 350. The van der Waals surface area contributed by atoms with Crippen LogP contribution in [0.5, 0.6) is 0 Å². The van der Waals surface area contributed by atoms with Crippen molar-refractivity contribution in [3.63, 3.8) is 0 Å². The van der Waals surface area contributed by atoms with Crippen LogP contribution in [-0.2, 0) is 11.2 Å². The molecule has 1 aliphatic heterocycles. The summed E-state index contributed by atoms with van der Waals surface area (Å²) >= 11 is 0. The largest absolute Gasteiger partial charge is 0.390 e. The molecule has 2 heteroatoms. The lowest BCUT2D eigenvalue weighted by atomic mass is 9.87. The summed E-state index contributed by atoms with van der Waals surface area (Å²) in [5, 5.41) is 10.3. The molecule has 1 aromatic rings. The summed E-state index contributed by atoms with van der Waals surface area (Å²) in [5.41, 5.74) is 2.07. The van der Waals surface area contributed by atoms with Crippen LogP contribution in [0, 0.1) is 6.92 Å².